The number of rotatable bonds is 3. The van der Waals surface area contributed by atoms with E-state index in [1.807, 2.05) is 30.3 Å². The Kier molecular flexibility index (Phi) is 5.28. The summed E-state index contributed by atoms with van der Waals surface area (Å²) in [5, 5.41) is 8.05. The van der Waals surface area contributed by atoms with Gasteiger partial charge in [-0.05, 0) is 62.5 Å². The number of anilines is 1. The maximum absolute atomic E-state index is 5.26. The quantitative estimate of drug-likeness (QED) is 0.497. The van der Waals surface area contributed by atoms with E-state index in [1.54, 1.807) is 0 Å². The van der Waals surface area contributed by atoms with Crippen LogP contribution in [0.1, 0.15) is 26.7 Å². The fourth-order valence-corrected chi connectivity index (χ4v) is 2.39. The summed E-state index contributed by atoms with van der Waals surface area (Å²) in [7, 11) is 0. The zero-order valence-corrected chi connectivity index (χ0v) is 13.3. The standard InChI is InChI=1S/C17H21N3S/c1-12(2)14-10-9-13(3)16(11-14)19-20-17(21)18-15-7-5-4-6-8-15/h4-9,14H,1,10-11H2,2-3H3,(H2,18,20,21)/b19-16+/t14-/m1/s1. The minimum atomic E-state index is 0.477. The molecule has 1 aliphatic carbocycles. The molecule has 0 saturated heterocycles. The van der Waals surface area contributed by atoms with E-state index in [9.17, 15) is 0 Å². The molecule has 1 atom stereocenters. The number of hydrogen-bond donors (Lipinski definition) is 2. The predicted molar refractivity (Wildman–Crippen MR) is 94.5 cm³/mol. The van der Waals surface area contributed by atoms with E-state index in [1.165, 1.54) is 11.1 Å². The number of para-hydroxylation sites is 1. The monoisotopic (exact) mass is 299 g/mol. The molecule has 2 N–H and O–H groups in total. The number of thiocarbonyl (C=S) groups is 1. The Bertz CT molecular complexity index is 587. The molecule has 1 aliphatic rings. The summed E-state index contributed by atoms with van der Waals surface area (Å²) in [6.45, 7) is 8.21. The van der Waals surface area contributed by atoms with Gasteiger partial charge in [0, 0.05) is 5.69 Å². The van der Waals surface area contributed by atoms with Crippen LogP contribution in [0.5, 0.6) is 0 Å². The number of nitrogens with zero attached hydrogens (tertiary/aromatic N) is 1. The topological polar surface area (TPSA) is 36.4 Å². The number of allylic oxidation sites excluding steroid dienone is 3. The van der Waals surface area contributed by atoms with E-state index < -0.39 is 0 Å². The van der Waals surface area contributed by atoms with E-state index >= 15 is 0 Å². The van der Waals surface area contributed by atoms with E-state index in [4.69, 9.17) is 12.2 Å². The largest absolute Gasteiger partial charge is 0.331 e. The van der Waals surface area contributed by atoms with Crippen LogP contribution in [-0.4, -0.2) is 10.8 Å². The van der Waals surface area contributed by atoms with Crippen LogP contribution < -0.4 is 10.7 Å². The molecule has 0 radical (unpaired) electrons. The Morgan fingerprint density at radius 3 is 2.71 bits per heavy atom. The molecule has 0 fully saturated rings. The van der Waals surface area contributed by atoms with Gasteiger partial charge in [-0.1, -0.05) is 36.4 Å². The molecule has 4 heteroatoms. The predicted octanol–water partition coefficient (Wildman–Crippen LogP) is 4.26. The maximum atomic E-state index is 5.26. The molecular formula is C17H21N3S. The summed E-state index contributed by atoms with van der Waals surface area (Å²) >= 11 is 5.26. The van der Waals surface area contributed by atoms with Gasteiger partial charge in [-0.3, -0.25) is 5.43 Å². The first kappa shape index (κ1) is 15.4. The second-order valence-corrected chi connectivity index (χ2v) is 5.77. The Morgan fingerprint density at radius 2 is 2.05 bits per heavy atom. The van der Waals surface area contributed by atoms with Crippen molar-refractivity contribution >= 4 is 28.7 Å². The molecule has 0 amide bonds. The minimum Gasteiger partial charge on any atom is -0.331 e. The van der Waals surface area contributed by atoms with E-state index in [0.29, 0.717) is 11.0 Å². The van der Waals surface area contributed by atoms with Gasteiger partial charge in [-0.25, -0.2) is 0 Å². The Labute approximate surface area is 131 Å². The smallest absolute Gasteiger partial charge is 0.191 e. The molecule has 2 rings (SSSR count). The van der Waals surface area contributed by atoms with Crippen molar-refractivity contribution in [2.24, 2.45) is 11.0 Å². The molecule has 0 saturated carbocycles. The fraction of sp³-hybridized carbons (Fsp3) is 0.294. The lowest BCUT2D eigenvalue weighted by molar-refractivity contribution is 0.637. The summed E-state index contributed by atoms with van der Waals surface area (Å²) in [6.07, 6.45) is 4.18. The van der Waals surface area contributed by atoms with E-state index in [-0.39, 0.29) is 0 Å². The van der Waals surface area contributed by atoms with Gasteiger partial charge in [0.2, 0.25) is 0 Å². The van der Waals surface area contributed by atoms with Crippen LogP contribution in [-0.2, 0) is 0 Å². The van der Waals surface area contributed by atoms with Crippen LogP contribution in [0.25, 0.3) is 0 Å². The van der Waals surface area contributed by atoms with Gasteiger partial charge >= 0.3 is 0 Å². The molecule has 0 heterocycles. The van der Waals surface area contributed by atoms with Crippen molar-refractivity contribution in [3.05, 3.63) is 54.1 Å². The van der Waals surface area contributed by atoms with Crippen LogP contribution in [0.15, 0.2) is 59.2 Å². The van der Waals surface area contributed by atoms with Gasteiger partial charge in [0.15, 0.2) is 5.11 Å². The summed E-state index contributed by atoms with van der Waals surface area (Å²) < 4.78 is 0. The van der Waals surface area contributed by atoms with Crippen molar-refractivity contribution in [3.63, 3.8) is 0 Å². The van der Waals surface area contributed by atoms with Crippen molar-refractivity contribution in [2.75, 3.05) is 5.32 Å². The highest BCUT2D eigenvalue weighted by Crippen LogP contribution is 2.26. The molecule has 1 aromatic rings. The Morgan fingerprint density at radius 1 is 1.33 bits per heavy atom. The summed E-state index contributed by atoms with van der Waals surface area (Å²) in [6, 6.07) is 9.81. The molecule has 3 nitrogen and oxygen atoms in total. The Hall–Kier alpha value is -1.94. The molecule has 0 bridgehead atoms. The van der Waals surface area contributed by atoms with Crippen molar-refractivity contribution in [2.45, 2.75) is 26.7 Å². The third-order valence-electron chi connectivity index (χ3n) is 3.62. The lowest BCUT2D eigenvalue weighted by Crippen LogP contribution is -2.26. The van der Waals surface area contributed by atoms with Crippen LogP contribution in [0.3, 0.4) is 0 Å². The Balaban J connectivity index is 1.96. The number of benzene rings is 1. The number of hydrazone groups is 1. The number of nitrogens with one attached hydrogen (secondary N) is 2. The van der Waals surface area contributed by atoms with Gasteiger partial charge in [0.1, 0.15) is 0 Å². The van der Waals surface area contributed by atoms with Gasteiger partial charge in [0.25, 0.3) is 0 Å². The fourth-order valence-electron chi connectivity index (χ4n) is 2.22. The SMILES string of the molecule is C=C(C)[C@@H]1CC=C(C)/C(=N/NC(=S)Nc2ccccc2)C1. The molecule has 21 heavy (non-hydrogen) atoms. The lowest BCUT2D eigenvalue weighted by Gasteiger charge is -2.22. The average Bonchev–Trinajstić information content (AvgIpc) is 2.47. The van der Waals surface area contributed by atoms with Gasteiger partial charge in [-0.2, -0.15) is 5.10 Å². The first-order valence-corrected chi connectivity index (χ1v) is 7.48. The van der Waals surface area contributed by atoms with Crippen molar-refractivity contribution in [1.82, 2.24) is 5.43 Å². The van der Waals surface area contributed by atoms with Crippen molar-refractivity contribution < 1.29 is 0 Å². The second-order valence-electron chi connectivity index (χ2n) is 5.36. The summed E-state index contributed by atoms with van der Waals surface area (Å²) in [5.41, 5.74) is 7.34. The highest BCUT2D eigenvalue weighted by molar-refractivity contribution is 7.80. The average molecular weight is 299 g/mol. The molecule has 1 aromatic carbocycles. The normalized spacial score (nSPS) is 19.8. The van der Waals surface area contributed by atoms with Crippen LogP contribution >= 0.6 is 12.2 Å². The van der Waals surface area contributed by atoms with Crippen LogP contribution in [0.2, 0.25) is 0 Å². The first-order valence-electron chi connectivity index (χ1n) is 7.07. The van der Waals surface area contributed by atoms with Gasteiger partial charge in [-0.15, -0.1) is 0 Å². The first-order chi connectivity index (χ1) is 10.1. The highest BCUT2D eigenvalue weighted by Gasteiger charge is 2.18. The maximum Gasteiger partial charge on any atom is 0.191 e. The molecule has 0 aliphatic heterocycles. The second kappa shape index (κ2) is 7.18. The molecular weight excluding hydrogens is 278 g/mol. The van der Waals surface area contributed by atoms with Crippen molar-refractivity contribution in [3.8, 4) is 0 Å². The molecule has 0 aromatic heterocycles. The van der Waals surface area contributed by atoms with Crippen LogP contribution in [0, 0.1) is 5.92 Å². The summed E-state index contributed by atoms with van der Waals surface area (Å²) in [4.78, 5) is 0. The van der Waals surface area contributed by atoms with E-state index in [0.717, 1.165) is 24.2 Å². The summed E-state index contributed by atoms with van der Waals surface area (Å²) in [5.74, 6) is 0.477. The number of hydrogen-bond acceptors (Lipinski definition) is 2. The van der Waals surface area contributed by atoms with E-state index in [2.05, 4.69) is 42.3 Å². The van der Waals surface area contributed by atoms with Gasteiger partial charge < -0.3 is 5.32 Å². The molecule has 110 valence electrons. The molecule has 0 spiro atoms. The highest BCUT2D eigenvalue weighted by atomic mass is 32.1. The molecule has 0 unspecified atom stereocenters. The van der Waals surface area contributed by atoms with Crippen molar-refractivity contribution in [1.29, 1.82) is 0 Å². The van der Waals surface area contributed by atoms with Crippen LogP contribution in [0.4, 0.5) is 5.69 Å². The zero-order valence-electron chi connectivity index (χ0n) is 12.5. The third kappa shape index (κ3) is 4.53. The lowest BCUT2D eigenvalue weighted by atomic mass is 9.85. The van der Waals surface area contributed by atoms with Gasteiger partial charge in [0.05, 0.1) is 5.71 Å². The third-order valence-corrected chi connectivity index (χ3v) is 3.82. The minimum absolute atomic E-state index is 0.477. The zero-order chi connectivity index (χ0) is 15.2.